The van der Waals surface area contributed by atoms with E-state index in [4.69, 9.17) is 4.74 Å². The number of amides is 1. The summed E-state index contributed by atoms with van der Waals surface area (Å²) in [5.41, 5.74) is 4.17. The van der Waals surface area contributed by atoms with Crippen LogP contribution in [0.15, 0.2) is 11.2 Å². The van der Waals surface area contributed by atoms with E-state index >= 15 is 0 Å². The summed E-state index contributed by atoms with van der Waals surface area (Å²) >= 11 is 1.29. The van der Waals surface area contributed by atoms with Gasteiger partial charge in [-0.2, -0.15) is 5.26 Å². The number of nitriles is 1. The Kier molecular flexibility index (Phi) is 5.98. The second-order valence-electron chi connectivity index (χ2n) is 7.79. The Hall–Kier alpha value is -2.90. The molecule has 31 heavy (non-hydrogen) atoms. The van der Waals surface area contributed by atoms with Crippen LogP contribution in [0.2, 0.25) is 0 Å². The largest absolute Gasteiger partial charge is 0.376 e. The van der Waals surface area contributed by atoms with Crippen LogP contribution in [-0.2, 0) is 16.1 Å². The molecule has 0 spiro atoms. The molecule has 1 saturated heterocycles. The van der Waals surface area contributed by atoms with E-state index in [1.54, 1.807) is 0 Å². The zero-order valence-corrected chi connectivity index (χ0v) is 18.9. The van der Waals surface area contributed by atoms with Gasteiger partial charge in [-0.05, 0) is 52.2 Å². The number of hydrogen-bond donors (Lipinski definition) is 1. The van der Waals surface area contributed by atoms with Crippen LogP contribution < -0.4 is 5.32 Å². The molecular weight excluding hydrogens is 414 g/mol. The average Bonchev–Trinajstić information content (AvgIpc) is 3.43. The van der Waals surface area contributed by atoms with E-state index in [0.717, 1.165) is 42.1 Å². The van der Waals surface area contributed by atoms with E-state index in [-0.39, 0.29) is 17.8 Å². The maximum atomic E-state index is 12.8. The number of nitrogens with zero attached hydrogens (tertiary/aromatic N) is 6. The number of carbonyl (C=O) groups excluding carboxylic acids is 1. The predicted molar refractivity (Wildman–Crippen MR) is 117 cm³/mol. The lowest BCUT2D eigenvalue weighted by Gasteiger charge is -2.16. The zero-order chi connectivity index (χ0) is 22.1. The highest BCUT2D eigenvalue weighted by atomic mass is 32.2. The molecule has 0 bridgehead atoms. The van der Waals surface area contributed by atoms with Crippen molar-refractivity contribution in [3.05, 3.63) is 34.3 Å². The number of ether oxygens (including phenoxy) is 1. The van der Waals surface area contributed by atoms with Crippen LogP contribution in [0.3, 0.4) is 0 Å². The summed E-state index contributed by atoms with van der Waals surface area (Å²) in [4.78, 5) is 17.2. The van der Waals surface area contributed by atoms with Crippen LogP contribution in [0.25, 0.3) is 5.78 Å². The van der Waals surface area contributed by atoms with Gasteiger partial charge in [0.1, 0.15) is 11.9 Å². The van der Waals surface area contributed by atoms with Gasteiger partial charge in [-0.25, -0.2) is 4.98 Å². The van der Waals surface area contributed by atoms with E-state index in [1.165, 1.54) is 11.8 Å². The monoisotopic (exact) mass is 439 g/mol. The molecule has 1 aliphatic rings. The summed E-state index contributed by atoms with van der Waals surface area (Å²) in [6, 6.07) is 4.19. The Balaban J connectivity index is 1.52. The summed E-state index contributed by atoms with van der Waals surface area (Å²) in [5.74, 6) is 0.992. The maximum Gasteiger partial charge on any atom is 0.256 e. The lowest BCUT2D eigenvalue weighted by Crippen LogP contribution is -2.22. The van der Waals surface area contributed by atoms with Gasteiger partial charge in [0.2, 0.25) is 5.91 Å². The molecule has 162 valence electrons. The number of fused-ring (bicyclic) bond motifs is 1. The minimum atomic E-state index is -0.206. The lowest BCUT2D eigenvalue weighted by atomic mass is 10.2. The van der Waals surface area contributed by atoms with Crippen molar-refractivity contribution in [1.29, 1.82) is 5.26 Å². The Morgan fingerprint density at radius 1 is 1.35 bits per heavy atom. The van der Waals surface area contributed by atoms with Gasteiger partial charge in [-0.15, -0.1) is 10.2 Å². The standard InChI is InChI=1S/C21H25N7O2S/c1-12-8-13(2)28-20(23-12)25-26-21(28)31-11-18(29)24-19-17(9-22)14(3)15(4)27(19)10-16-6-5-7-30-16/h8,16H,5-7,10-11H2,1-4H3,(H,24,29)/t16-/m0/s1. The molecule has 10 heteroatoms. The van der Waals surface area contributed by atoms with Crippen LogP contribution >= 0.6 is 11.8 Å². The molecule has 0 radical (unpaired) electrons. The molecule has 0 saturated carbocycles. The molecule has 1 N–H and O–H groups in total. The van der Waals surface area contributed by atoms with Crippen molar-refractivity contribution < 1.29 is 9.53 Å². The van der Waals surface area contributed by atoms with Crippen LogP contribution in [0.4, 0.5) is 5.82 Å². The maximum absolute atomic E-state index is 12.8. The van der Waals surface area contributed by atoms with Gasteiger partial charge < -0.3 is 14.6 Å². The molecule has 9 nitrogen and oxygen atoms in total. The fourth-order valence-corrected chi connectivity index (χ4v) is 4.73. The third-order valence-corrected chi connectivity index (χ3v) is 6.53. The number of anilines is 1. The second kappa shape index (κ2) is 8.69. The molecule has 3 aromatic heterocycles. The first-order valence-electron chi connectivity index (χ1n) is 10.2. The van der Waals surface area contributed by atoms with Gasteiger partial charge >= 0.3 is 0 Å². The van der Waals surface area contributed by atoms with Crippen LogP contribution in [0.1, 0.15) is 41.1 Å². The smallest absolute Gasteiger partial charge is 0.256 e. The van der Waals surface area contributed by atoms with Crippen molar-refractivity contribution in [2.24, 2.45) is 0 Å². The SMILES string of the molecule is Cc1cc(C)n2c(SCC(=O)Nc3c(C#N)c(C)c(C)n3C[C@@H]3CCCO3)nnc2n1. The van der Waals surface area contributed by atoms with E-state index in [9.17, 15) is 10.1 Å². The fraction of sp³-hybridized carbons (Fsp3) is 0.476. The molecule has 0 unspecified atom stereocenters. The van der Waals surface area contributed by atoms with Crippen molar-refractivity contribution in [3.8, 4) is 6.07 Å². The summed E-state index contributed by atoms with van der Waals surface area (Å²) in [7, 11) is 0. The molecule has 4 heterocycles. The van der Waals surface area contributed by atoms with E-state index in [1.807, 2.05) is 42.7 Å². The van der Waals surface area contributed by atoms with Crippen LogP contribution in [-0.4, -0.2) is 48.5 Å². The Bertz CT molecular complexity index is 1180. The second-order valence-corrected chi connectivity index (χ2v) is 8.73. The number of rotatable bonds is 6. The molecule has 1 atom stereocenters. The summed E-state index contributed by atoms with van der Waals surface area (Å²) in [6.07, 6.45) is 2.12. The molecule has 3 aromatic rings. The van der Waals surface area contributed by atoms with Crippen molar-refractivity contribution in [1.82, 2.24) is 24.1 Å². The molecule has 1 fully saturated rings. The summed E-state index contributed by atoms with van der Waals surface area (Å²) < 4.78 is 9.60. The van der Waals surface area contributed by atoms with E-state index in [2.05, 4.69) is 26.6 Å². The van der Waals surface area contributed by atoms with Gasteiger partial charge in [0.15, 0.2) is 5.16 Å². The third-order valence-electron chi connectivity index (χ3n) is 5.60. The highest BCUT2D eigenvalue weighted by Crippen LogP contribution is 2.29. The summed E-state index contributed by atoms with van der Waals surface area (Å²) in [5, 5.41) is 21.5. The topological polar surface area (TPSA) is 110 Å². The third kappa shape index (κ3) is 4.16. The highest BCUT2D eigenvalue weighted by molar-refractivity contribution is 7.99. The minimum Gasteiger partial charge on any atom is -0.376 e. The number of carbonyl (C=O) groups is 1. The predicted octanol–water partition coefficient (Wildman–Crippen LogP) is 2.94. The molecule has 4 rings (SSSR count). The Morgan fingerprint density at radius 3 is 2.87 bits per heavy atom. The number of hydrogen-bond acceptors (Lipinski definition) is 7. The number of aromatic nitrogens is 5. The van der Waals surface area contributed by atoms with Gasteiger partial charge in [-0.3, -0.25) is 9.20 Å². The van der Waals surface area contributed by atoms with Crippen molar-refractivity contribution in [3.63, 3.8) is 0 Å². The number of aryl methyl sites for hydroxylation is 2. The van der Waals surface area contributed by atoms with E-state index < -0.39 is 0 Å². The van der Waals surface area contributed by atoms with Crippen molar-refractivity contribution in [2.45, 2.75) is 58.3 Å². The molecule has 1 amide bonds. The first-order chi connectivity index (χ1) is 14.9. The van der Waals surface area contributed by atoms with Crippen molar-refractivity contribution >= 4 is 29.3 Å². The molecule has 0 aromatic carbocycles. The fourth-order valence-electron chi connectivity index (χ4n) is 3.94. The zero-order valence-electron chi connectivity index (χ0n) is 18.1. The number of thioether (sulfide) groups is 1. The Labute approximate surface area is 184 Å². The van der Waals surface area contributed by atoms with Gasteiger partial charge in [0.05, 0.1) is 24.0 Å². The molecular formula is C21H25N7O2S. The Morgan fingerprint density at radius 2 is 2.16 bits per heavy atom. The van der Waals surface area contributed by atoms with Crippen LogP contribution in [0.5, 0.6) is 0 Å². The van der Waals surface area contributed by atoms with E-state index in [0.29, 0.717) is 28.9 Å². The quantitative estimate of drug-likeness (QED) is 0.588. The normalized spacial score (nSPS) is 16.0. The van der Waals surface area contributed by atoms with Gasteiger partial charge in [0, 0.05) is 23.7 Å². The summed E-state index contributed by atoms with van der Waals surface area (Å²) in [6.45, 7) is 9.12. The highest BCUT2D eigenvalue weighted by Gasteiger charge is 2.24. The van der Waals surface area contributed by atoms with Gasteiger partial charge in [-0.1, -0.05) is 11.8 Å². The first-order valence-corrected chi connectivity index (χ1v) is 11.2. The van der Waals surface area contributed by atoms with Crippen molar-refractivity contribution in [2.75, 3.05) is 17.7 Å². The average molecular weight is 440 g/mol. The van der Waals surface area contributed by atoms with Crippen LogP contribution in [0, 0.1) is 39.0 Å². The lowest BCUT2D eigenvalue weighted by molar-refractivity contribution is -0.113. The molecule has 1 aliphatic heterocycles. The minimum absolute atomic E-state index is 0.100. The first kappa shape index (κ1) is 21.3. The van der Waals surface area contributed by atoms with Gasteiger partial charge in [0.25, 0.3) is 5.78 Å². The number of nitrogens with one attached hydrogen (secondary N) is 1. The molecule has 0 aliphatic carbocycles.